The normalized spacial score (nSPS) is 19.4. The molecule has 1 aliphatic rings. The fourth-order valence-corrected chi connectivity index (χ4v) is 5.45. The van der Waals surface area contributed by atoms with Gasteiger partial charge in [0.05, 0.1) is 12.3 Å². The Morgan fingerprint density at radius 1 is 1.43 bits per heavy atom. The van der Waals surface area contributed by atoms with Crippen LogP contribution in [0.5, 0.6) is 0 Å². The van der Waals surface area contributed by atoms with Gasteiger partial charge in [0.15, 0.2) is 0 Å². The molecule has 1 aliphatic heterocycles. The SMILES string of the molecule is Cc1ccc(S(=O)(=O)N2CCCC(C(=O)NCCC(=O)O)C2)s1. The number of aryl methyl sites for hydroxylation is 1. The van der Waals surface area contributed by atoms with Gasteiger partial charge in [-0.2, -0.15) is 4.31 Å². The summed E-state index contributed by atoms with van der Waals surface area (Å²) in [6.07, 6.45) is 1.07. The lowest BCUT2D eigenvalue weighted by molar-refractivity contribution is -0.137. The highest BCUT2D eigenvalue weighted by Crippen LogP contribution is 2.28. The summed E-state index contributed by atoms with van der Waals surface area (Å²) in [5.74, 6) is -1.70. The van der Waals surface area contributed by atoms with E-state index >= 15 is 0 Å². The molecule has 1 fully saturated rings. The van der Waals surface area contributed by atoms with Crippen molar-refractivity contribution in [1.82, 2.24) is 9.62 Å². The topological polar surface area (TPSA) is 104 Å². The van der Waals surface area contributed by atoms with Crippen LogP contribution in [0.4, 0.5) is 0 Å². The van der Waals surface area contributed by atoms with Crippen molar-refractivity contribution in [2.45, 2.75) is 30.4 Å². The Balaban J connectivity index is 2.00. The largest absolute Gasteiger partial charge is 0.481 e. The fourth-order valence-electron chi connectivity index (χ4n) is 2.49. The molecule has 7 nitrogen and oxygen atoms in total. The monoisotopic (exact) mass is 360 g/mol. The van der Waals surface area contributed by atoms with E-state index in [1.165, 1.54) is 15.6 Å². The second kappa shape index (κ2) is 7.41. The number of aliphatic carboxylic acids is 1. The van der Waals surface area contributed by atoms with E-state index in [1.807, 2.05) is 6.92 Å². The van der Waals surface area contributed by atoms with Crippen molar-refractivity contribution in [2.24, 2.45) is 5.92 Å². The minimum atomic E-state index is -3.56. The lowest BCUT2D eigenvalue weighted by Gasteiger charge is -2.30. The molecule has 128 valence electrons. The zero-order valence-electron chi connectivity index (χ0n) is 12.8. The Bertz CT molecular complexity index is 683. The molecule has 23 heavy (non-hydrogen) atoms. The number of thiophene rings is 1. The van der Waals surface area contributed by atoms with Gasteiger partial charge in [-0.1, -0.05) is 0 Å². The maximum Gasteiger partial charge on any atom is 0.305 e. The third-order valence-electron chi connectivity index (χ3n) is 3.70. The van der Waals surface area contributed by atoms with Gasteiger partial charge in [0.25, 0.3) is 10.0 Å². The van der Waals surface area contributed by atoms with Crippen molar-refractivity contribution in [3.05, 3.63) is 17.0 Å². The molecule has 1 amide bonds. The molecular weight excluding hydrogens is 340 g/mol. The molecule has 0 bridgehead atoms. The molecule has 0 radical (unpaired) electrons. The Morgan fingerprint density at radius 2 is 2.17 bits per heavy atom. The van der Waals surface area contributed by atoms with E-state index in [9.17, 15) is 18.0 Å². The molecule has 2 rings (SSSR count). The first kappa shape index (κ1) is 17.9. The van der Waals surface area contributed by atoms with Crippen LogP contribution in [0, 0.1) is 12.8 Å². The molecule has 1 unspecified atom stereocenters. The van der Waals surface area contributed by atoms with E-state index in [4.69, 9.17) is 5.11 Å². The molecule has 2 N–H and O–H groups in total. The van der Waals surface area contributed by atoms with E-state index in [0.717, 1.165) is 4.88 Å². The van der Waals surface area contributed by atoms with Crippen molar-refractivity contribution in [2.75, 3.05) is 19.6 Å². The Hall–Kier alpha value is -1.45. The maximum atomic E-state index is 12.6. The van der Waals surface area contributed by atoms with Crippen LogP contribution in [0.15, 0.2) is 16.3 Å². The van der Waals surface area contributed by atoms with Crippen molar-refractivity contribution in [3.8, 4) is 0 Å². The van der Waals surface area contributed by atoms with Crippen LogP contribution in [0.25, 0.3) is 0 Å². The fraction of sp³-hybridized carbons (Fsp3) is 0.571. The lowest BCUT2D eigenvalue weighted by atomic mass is 9.99. The third kappa shape index (κ3) is 4.52. The Labute approximate surface area is 139 Å². The highest BCUT2D eigenvalue weighted by molar-refractivity contribution is 7.91. The maximum absolute atomic E-state index is 12.6. The Kier molecular flexibility index (Phi) is 5.77. The van der Waals surface area contributed by atoms with Crippen molar-refractivity contribution < 1.29 is 23.1 Å². The van der Waals surface area contributed by atoms with E-state index in [-0.39, 0.29) is 25.4 Å². The van der Waals surface area contributed by atoms with Crippen LogP contribution in [-0.4, -0.2) is 49.3 Å². The second-order valence-electron chi connectivity index (χ2n) is 5.50. The standard InChI is InChI=1S/C14H20N2O5S2/c1-10-4-5-13(22-10)23(20,21)16-8-2-3-11(9-16)14(19)15-7-6-12(17)18/h4-5,11H,2-3,6-9H2,1H3,(H,15,19)(H,17,18). The molecular formula is C14H20N2O5S2. The number of carboxylic acid groups (broad SMARTS) is 1. The van der Waals surface area contributed by atoms with E-state index in [1.54, 1.807) is 12.1 Å². The summed E-state index contributed by atoms with van der Waals surface area (Å²) in [5, 5.41) is 11.1. The van der Waals surface area contributed by atoms with Crippen molar-refractivity contribution in [3.63, 3.8) is 0 Å². The second-order valence-corrected chi connectivity index (χ2v) is 8.95. The van der Waals surface area contributed by atoms with Gasteiger partial charge < -0.3 is 10.4 Å². The zero-order valence-corrected chi connectivity index (χ0v) is 14.5. The minimum absolute atomic E-state index is 0.0571. The third-order valence-corrected chi connectivity index (χ3v) is 7.04. The van der Waals surface area contributed by atoms with Gasteiger partial charge in [0.1, 0.15) is 4.21 Å². The molecule has 0 saturated carbocycles. The first-order valence-corrected chi connectivity index (χ1v) is 9.62. The summed E-state index contributed by atoms with van der Waals surface area (Å²) in [6, 6.07) is 3.35. The lowest BCUT2D eigenvalue weighted by Crippen LogP contribution is -2.45. The predicted molar refractivity (Wildman–Crippen MR) is 85.8 cm³/mol. The van der Waals surface area contributed by atoms with Crippen LogP contribution in [-0.2, 0) is 19.6 Å². The first-order valence-electron chi connectivity index (χ1n) is 7.37. The summed E-state index contributed by atoms with van der Waals surface area (Å²) in [7, 11) is -3.56. The van der Waals surface area contributed by atoms with Gasteiger partial charge in [0.2, 0.25) is 5.91 Å². The highest BCUT2D eigenvalue weighted by atomic mass is 32.2. The van der Waals surface area contributed by atoms with E-state index < -0.39 is 21.9 Å². The molecule has 2 heterocycles. The van der Waals surface area contributed by atoms with Crippen molar-refractivity contribution in [1.29, 1.82) is 0 Å². The molecule has 1 aromatic heterocycles. The Morgan fingerprint density at radius 3 is 2.78 bits per heavy atom. The van der Waals surface area contributed by atoms with Gasteiger partial charge in [-0.15, -0.1) is 11.3 Å². The summed E-state index contributed by atoms with van der Waals surface area (Å²) < 4.78 is 26.8. The van der Waals surface area contributed by atoms with Gasteiger partial charge in [-0.05, 0) is 31.9 Å². The molecule has 1 aromatic rings. The average Bonchev–Trinajstić information content (AvgIpc) is 2.94. The smallest absolute Gasteiger partial charge is 0.305 e. The van der Waals surface area contributed by atoms with Gasteiger partial charge in [-0.25, -0.2) is 8.42 Å². The zero-order chi connectivity index (χ0) is 17.0. The number of nitrogens with one attached hydrogen (secondary N) is 1. The summed E-state index contributed by atoms with van der Waals surface area (Å²) in [5.41, 5.74) is 0. The number of hydrogen-bond donors (Lipinski definition) is 2. The van der Waals surface area contributed by atoms with Gasteiger partial charge in [-0.3, -0.25) is 9.59 Å². The highest BCUT2D eigenvalue weighted by Gasteiger charge is 2.33. The van der Waals surface area contributed by atoms with E-state index in [2.05, 4.69) is 5.32 Å². The predicted octanol–water partition coefficient (Wildman–Crippen LogP) is 1.05. The number of amides is 1. The van der Waals surface area contributed by atoms with Crippen LogP contribution in [0.2, 0.25) is 0 Å². The number of hydrogen-bond acceptors (Lipinski definition) is 5. The van der Waals surface area contributed by atoms with E-state index in [0.29, 0.717) is 23.6 Å². The number of rotatable bonds is 6. The molecule has 1 atom stereocenters. The van der Waals surface area contributed by atoms with Crippen LogP contribution in [0.3, 0.4) is 0 Å². The molecule has 0 spiro atoms. The first-order chi connectivity index (χ1) is 10.8. The number of carbonyl (C=O) groups is 2. The average molecular weight is 360 g/mol. The van der Waals surface area contributed by atoms with Crippen LogP contribution >= 0.6 is 11.3 Å². The summed E-state index contributed by atoms with van der Waals surface area (Å²) >= 11 is 1.22. The van der Waals surface area contributed by atoms with Crippen LogP contribution < -0.4 is 5.32 Å². The van der Waals surface area contributed by atoms with Crippen molar-refractivity contribution >= 4 is 33.2 Å². The molecule has 9 heteroatoms. The van der Waals surface area contributed by atoms with Gasteiger partial charge in [0, 0.05) is 24.5 Å². The number of nitrogens with zero attached hydrogens (tertiary/aromatic N) is 1. The number of piperidine rings is 1. The quantitative estimate of drug-likeness (QED) is 0.789. The summed E-state index contributed by atoms with van der Waals surface area (Å²) in [4.78, 5) is 23.5. The van der Waals surface area contributed by atoms with Gasteiger partial charge >= 0.3 is 5.97 Å². The number of carbonyl (C=O) groups excluding carboxylic acids is 1. The number of sulfonamides is 1. The number of carboxylic acids is 1. The van der Waals surface area contributed by atoms with Crippen LogP contribution in [0.1, 0.15) is 24.1 Å². The summed E-state index contributed by atoms with van der Waals surface area (Å²) in [6.45, 7) is 2.44. The minimum Gasteiger partial charge on any atom is -0.481 e. The molecule has 0 aliphatic carbocycles. The molecule has 0 aromatic carbocycles. The molecule has 1 saturated heterocycles.